The third kappa shape index (κ3) is 2.63. The zero-order chi connectivity index (χ0) is 16.4. The van der Waals surface area contributed by atoms with Gasteiger partial charge in [-0.15, -0.1) is 0 Å². The maximum Gasteiger partial charge on any atom is 0.263 e. The Kier molecular flexibility index (Phi) is 3.98. The fourth-order valence-corrected chi connectivity index (χ4v) is 2.77. The second kappa shape index (κ2) is 6.08. The summed E-state index contributed by atoms with van der Waals surface area (Å²) in [6.45, 7) is 2.40. The smallest absolute Gasteiger partial charge is 0.263 e. The molecular weight excluding hydrogens is 288 g/mol. The summed E-state index contributed by atoms with van der Waals surface area (Å²) in [5, 5.41) is 0.877. The lowest BCUT2D eigenvalue weighted by molar-refractivity contribution is 0.0986. The van der Waals surface area contributed by atoms with Crippen molar-refractivity contribution in [1.29, 1.82) is 0 Å². The van der Waals surface area contributed by atoms with Gasteiger partial charge in [0.1, 0.15) is 5.56 Å². The molecule has 0 aliphatic heterocycles. The number of rotatable bonds is 3. The van der Waals surface area contributed by atoms with Gasteiger partial charge in [0, 0.05) is 19.3 Å². The van der Waals surface area contributed by atoms with E-state index in [0.29, 0.717) is 6.54 Å². The van der Waals surface area contributed by atoms with Crippen LogP contribution in [0.3, 0.4) is 0 Å². The molecule has 23 heavy (non-hydrogen) atoms. The quantitative estimate of drug-likeness (QED) is 0.745. The van der Waals surface area contributed by atoms with Crippen LogP contribution in [-0.4, -0.2) is 17.0 Å². The van der Waals surface area contributed by atoms with E-state index < -0.39 is 0 Å². The maximum atomic E-state index is 12.9. The van der Waals surface area contributed by atoms with Crippen molar-refractivity contribution in [3.63, 3.8) is 0 Å². The second-order valence-electron chi connectivity index (χ2n) is 5.37. The number of hydrogen-bond donors (Lipinski definition) is 0. The summed E-state index contributed by atoms with van der Waals surface area (Å²) in [7, 11) is 1.69. The number of hydrogen-bond acceptors (Lipinski definition) is 2. The molecule has 0 saturated heterocycles. The van der Waals surface area contributed by atoms with Crippen molar-refractivity contribution in [3.8, 4) is 0 Å². The number of aryl methyl sites for hydroxylation is 1. The summed E-state index contributed by atoms with van der Waals surface area (Å²) in [6.07, 6.45) is 0. The first-order chi connectivity index (χ1) is 11.1. The summed E-state index contributed by atoms with van der Waals surface area (Å²) in [6, 6.07) is 18.6. The van der Waals surface area contributed by atoms with Gasteiger partial charge < -0.3 is 9.47 Å². The summed E-state index contributed by atoms with van der Waals surface area (Å²) in [5.74, 6) is -0.273. The first-order valence-corrected chi connectivity index (χ1v) is 7.59. The zero-order valence-electron chi connectivity index (χ0n) is 13.2. The van der Waals surface area contributed by atoms with Crippen LogP contribution in [0.5, 0.6) is 0 Å². The molecule has 0 aliphatic rings. The van der Waals surface area contributed by atoms with Gasteiger partial charge in [-0.25, -0.2) is 0 Å². The van der Waals surface area contributed by atoms with Crippen molar-refractivity contribution >= 4 is 22.5 Å². The molecule has 1 aromatic heterocycles. The number of benzene rings is 2. The fourth-order valence-electron chi connectivity index (χ4n) is 2.77. The topological polar surface area (TPSA) is 42.3 Å². The van der Waals surface area contributed by atoms with E-state index in [1.54, 1.807) is 18.0 Å². The molecule has 3 aromatic rings. The molecule has 0 spiro atoms. The van der Waals surface area contributed by atoms with E-state index in [9.17, 15) is 9.59 Å². The van der Waals surface area contributed by atoms with E-state index in [2.05, 4.69) is 0 Å². The van der Waals surface area contributed by atoms with Crippen molar-refractivity contribution in [2.75, 3.05) is 11.4 Å². The molecular formula is C19H18N2O2. The van der Waals surface area contributed by atoms with Gasteiger partial charge in [0.25, 0.3) is 11.5 Å². The van der Waals surface area contributed by atoms with Crippen LogP contribution in [0.1, 0.15) is 17.3 Å². The summed E-state index contributed by atoms with van der Waals surface area (Å²) >= 11 is 0. The first kappa shape index (κ1) is 15.0. The minimum Gasteiger partial charge on any atom is -0.311 e. The SMILES string of the molecule is CCN(C(=O)c1cc2ccccc2n(C)c1=O)c1ccccc1. The Hall–Kier alpha value is -2.88. The van der Waals surface area contributed by atoms with Gasteiger partial charge in [-0.05, 0) is 36.6 Å². The van der Waals surface area contributed by atoms with E-state index in [1.165, 1.54) is 4.57 Å². The fraction of sp³-hybridized carbons (Fsp3) is 0.158. The Morgan fingerprint density at radius 2 is 1.70 bits per heavy atom. The molecule has 0 fully saturated rings. The Bertz CT molecular complexity index is 914. The minimum atomic E-state index is -0.275. The van der Waals surface area contributed by atoms with Crippen LogP contribution < -0.4 is 10.5 Å². The number of nitrogens with zero attached hydrogens (tertiary/aromatic N) is 2. The molecule has 0 unspecified atom stereocenters. The summed E-state index contributed by atoms with van der Waals surface area (Å²) < 4.78 is 1.53. The maximum absolute atomic E-state index is 12.9. The van der Waals surface area contributed by atoms with E-state index in [0.717, 1.165) is 16.6 Å². The highest BCUT2D eigenvalue weighted by atomic mass is 16.2. The number of aromatic nitrogens is 1. The monoisotopic (exact) mass is 306 g/mol. The minimum absolute atomic E-state index is 0.192. The van der Waals surface area contributed by atoms with Crippen LogP contribution >= 0.6 is 0 Å². The number of pyridine rings is 1. The molecule has 0 atom stereocenters. The molecule has 2 aromatic carbocycles. The standard InChI is InChI=1S/C19H18N2O2/c1-3-21(15-10-5-4-6-11-15)19(23)16-13-14-9-7-8-12-17(14)20(2)18(16)22/h4-13H,3H2,1-2H3. The lowest BCUT2D eigenvalue weighted by atomic mass is 10.1. The van der Waals surface area contributed by atoms with Gasteiger partial charge in [0.2, 0.25) is 0 Å². The lowest BCUT2D eigenvalue weighted by Crippen LogP contribution is -2.36. The van der Waals surface area contributed by atoms with Crippen LogP contribution in [0.2, 0.25) is 0 Å². The lowest BCUT2D eigenvalue weighted by Gasteiger charge is -2.21. The zero-order valence-corrected chi connectivity index (χ0v) is 13.2. The number of amides is 1. The molecule has 1 heterocycles. The normalized spacial score (nSPS) is 10.7. The Balaban J connectivity index is 2.14. The number of para-hydroxylation sites is 2. The highest BCUT2D eigenvalue weighted by Crippen LogP contribution is 2.18. The summed E-state index contributed by atoms with van der Waals surface area (Å²) in [4.78, 5) is 27.1. The van der Waals surface area contributed by atoms with Crippen molar-refractivity contribution < 1.29 is 4.79 Å². The molecule has 0 radical (unpaired) electrons. The van der Waals surface area contributed by atoms with Crippen LogP contribution in [0.15, 0.2) is 65.5 Å². The number of anilines is 1. The van der Waals surface area contributed by atoms with Crippen molar-refractivity contribution in [1.82, 2.24) is 4.57 Å². The van der Waals surface area contributed by atoms with E-state index in [-0.39, 0.29) is 17.0 Å². The molecule has 1 amide bonds. The van der Waals surface area contributed by atoms with Gasteiger partial charge >= 0.3 is 0 Å². The largest absolute Gasteiger partial charge is 0.311 e. The highest BCUT2D eigenvalue weighted by Gasteiger charge is 2.20. The van der Waals surface area contributed by atoms with E-state index >= 15 is 0 Å². The predicted octanol–water partition coefficient (Wildman–Crippen LogP) is 3.21. The summed E-state index contributed by atoms with van der Waals surface area (Å²) in [5.41, 5.74) is 1.52. The predicted molar refractivity (Wildman–Crippen MR) is 93.0 cm³/mol. The van der Waals surface area contributed by atoms with Crippen LogP contribution in [0, 0.1) is 0 Å². The number of fused-ring (bicyclic) bond motifs is 1. The van der Waals surface area contributed by atoms with Gasteiger partial charge in [-0.2, -0.15) is 0 Å². The van der Waals surface area contributed by atoms with Gasteiger partial charge in [-0.1, -0.05) is 36.4 Å². The number of carbonyl (C=O) groups is 1. The van der Waals surface area contributed by atoms with Gasteiger partial charge in [0.05, 0.1) is 5.52 Å². The molecule has 0 bridgehead atoms. The average molecular weight is 306 g/mol. The average Bonchev–Trinajstić information content (AvgIpc) is 2.59. The van der Waals surface area contributed by atoms with Gasteiger partial charge in [0.15, 0.2) is 0 Å². The molecule has 3 rings (SSSR count). The molecule has 0 N–H and O–H groups in total. The third-order valence-electron chi connectivity index (χ3n) is 3.99. The van der Waals surface area contributed by atoms with Gasteiger partial charge in [-0.3, -0.25) is 9.59 Å². The van der Waals surface area contributed by atoms with Crippen LogP contribution in [0.25, 0.3) is 10.9 Å². The number of carbonyl (C=O) groups excluding carboxylic acids is 1. The molecule has 0 saturated carbocycles. The van der Waals surface area contributed by atoms with Crippen molar-refractivity contribution in [3.05, 3.63) is 76.6 Å². The molecule has 0 aliphatic carbocycles. The van der Waals surface area contributed by atoms with E-state index in [1.807, 2.05) is 61.5 Å². The molecule has 4 nitrogen and oxygen atoms in total. The van der Waals surface area contributed by atoms with E-state index in [4.69, 9.17) is 0 Å². The molecule has 116 valence electrons. The Morgan fingerprint density at radius 1 is 1.04 bits per heavy atom. The molecule has 4 heteroatoms. The first-order valence-electron chi connectivity index (χ1n) is 7.59. The van der Waals surface area contributed by atoms with Crippen molar-refractivity contribution in [2.45, 2.75) is 6.92 Å². The highest BCUT2D eigenvalue weighted by molar-refractivity contribution is 6.07. The second-order valence-corrected chi connectivity index (χ2v) is 5.37. The Labute approximate surface area is 134 Å². The van der Waals surface area contributed by atoms with Crippen molar-refractivity contribution in [2.24, 2.45) is 7.05 Å². The third-order valence-corrected chi connectivity index (χ3v) is 3.99. The van der Waals surface area contributed by atoms with Crippen LogP contribution in [-0.2, 0) is 7.05 Å². The Morgan fingerprint density at radius 3 is 2.39 bits per heavy atom. The van der Waals surface area contributed by atoms with Crippen LogP contribution in [0.4, 0.5) is 5.69 Å².